The smallest absolute Gasteiger partial charge is 0.159 e. The molecule has 0 fully saturated rings. The maximum atomic E-state index is 11.5. The van der Waals surface area contributed by atoms with Gasteiger partial charge in [0.1, 0.15) is 0 Å². The summed E-state index contributed by atoms with van der Waals surface area (Å²) in [5, 5.41) is 10.2. The third-order valence-electron chi connectivity index (χ3n) is 4.33. The van der Waals surface area contributed by atoms with Gasteiger partial charge >= 0.3 is 0 Å². The highest BCUT2D eigenvalue weighted by molar-refractivity contribution is 5.94. The van der Waals surface area contributed by atoms with E-state index in [4.69, 9.17) is 0 Å². The zero-order valence-corrected chi connectivity index (χ0v) is 12.8. The molecule has 0 amide bonds. The lowest BCUT2D eigenvalue weighted by Crippen LogP contribution is -2.41. The van der Waals surface area contributed by atoms with Crippen molar-refractivity contribution < 1.29 is 9.90 Å². The molecule has 20 heavy (non-hydrogen) atoms. The molecule has 2 rings (SSSR count). The lowest BCUT2D eigenvalue weighted by Gasteiger charge is -2.29. The van der Waals surface area contributed by atoms with Gasteiger partial charge in [-0.2, -0.15) is 0 Å². The molecule has 110 valence electrons. The largest absolute Gasteiger partial charge is 0.389 e. The second kappa shape index (κ2) is 6.06. The molecule has 0 aromatic heterocycles. The third-order valence-corrected chi connectivity index (χ3v) is 4.33. The summed E-state index contributed by atoms with van der Waals surface area (Å²) >= 11 is 0. The number of carbonyl (C=O) groups is 1. The molecule has 0 bridgehead atoms. The van der Waals surface area contributed by atoms with Gasteiger partial charge in [0.2, 0.25) is 0 Å². The molecule has 1 heterocycles. The summed E-state index contributed by atoms with van der Waals surface area (Å²) in [4.78, 5) is 13.8. The number of nitrogens with zero attached hydrogens (tertiary/aromatic N) is 1. The Balaban J connectivity index is 2.09. The molecule has 1 aliphatic heterocycles. The van der Waals surface area contributed by atoms with Gasteiger partial charge in [0.25, 0.3) is 0 Å². The van der Waals surface area contributed by atoms with Crippen molar-refractivity contribution in [2.24, 2.45) is 0 Å². The molecular weight excluding hydrogens is 250 g/mol. The molecule has 1 aromatic carbocycles. The first-order valence-electron chi connectivity index (χ1n) is 7.49. The van der Waals surface area contributed by atoms with Gasteiger partial charge in [-0.25, -0.2) is 0 Å². The third kappa shape index (κ3) is 3.68. The molecule has 1 N–H and O–H groups in total. The minimum absolute atomic E-state index is 0.128. The summed E-state index contributed by atoms with van der Waals surface area (Å²) in [6, 6.07) is 6.06. The van der Waals surface area contributed by atoms with E-state index in [1.165, 1.54) is 11.1 Å². The Morgan fingerprint density at radius 1 is 1.30 bits per heavy atom. The van der Waals surface area contributed by atoms with Gasteiger partial charge in [-0.1, -0.05) is 19.1 Å². The van der Waals surface area contributed by atoms with E-state index in [0.29, 0.717) is 0 Å². The molecule has 3 nitrogen and oxygen atoms in total. The summed E-state index contributed by atoms with van der Waals surface area (Å²) in [6.07, 6.45) is 2.72. The zero-order valence-electron chi connectivity index (χ0n) is 12.8. The first-order valence-corrected chi connectivity index (χ1v) is 7.49. The maximum absolute atomic E-state index is 11.5. The summed E-state index contributed by atoms with van der Waals surface area (Å²) in [5.41, 5.74) is 2.82. The second-order valence-electron chi connectivity index (χ2n) is 6.17. The van der Waals surface area contributed by atoms with E-state index in [2.05, 4.69) is 11.0 Å². The Kier molecular flexibility index (Phi) is 4.61. The number of rotatable bonds is 4. The van der Waals surface area contributed by atoms with Gasteiger partial charge < -0.3 is 5.11 Å². The van der Waals surface area contributed by atoms with Crippen LogP contribution in [-0.4, -0.2) is 41.0 Å². The molecule has 0 saturated carbocycles. The molecule has 1 atom stereocenters. The van der Waals surface area contributed by atoms with E-state index in [-0.39, 0.29) is 5.78 Å². The van der Waals surface area contributed by atoms with Gasteiger partial charge in [0.05, 0.1) is 5.60 Å². The number of aliphatic hydroxyl groups is 1. The van der Waals surface area contributed by atoms with E-state index in [0.717, 1.165) is 44.5 Å². The topological polar surface area (TPSA) is 40.5 Å². The normalized spacial score (nSPS) is 19.0. The first kappa shape index (κ1) is 15.2. The number of ketones is 1. The fourth-order valence-electron chi connectivity index (χ4n) is 2.74. The second-order valence-corrected chi connectivity index (χ2v) is 6.17. The van der Waals surface area contributed by atoms with Crippen molar-refractivity contribution in [1.82, 2.24) is 4.90 Å². The van der Waals surface area contributed by atoms with Crippen LogP contribution in [0.15, 0.2) is 18.2 Å². The Morgan fingerprint density at radius 2 is 1.95 bits per heavy atom. The molecule has 0 spiro atoms. The molecule has 0 radical (unpaired) electrons. The van der Waals surface area contributed by atoms with Crippen LogP contribution in [0, 0.1) is 0 Å². The average molecular weight is 275 g/mol. The molecule has 1 aliphatic rings. The first-order chi connectivity index (χ1) is 9.41. The summed E-state index contributed by atoms with van der Waals surface area (Å²) < 4.78 is 0. The molecule has 0 saturated heterocycles. The van der Waals surface area contributed by atoms with Gasteiger partial charge in [0, 0.05) is 25.2 Å². The minimum Gasteiger partial charge on any atom is -0.389 e. The van der Waals surface area contributed by atoms with Crippen molar-refractivity contribution in [3.05, 3.63) is 34.9 Å². The summed E-state index contributed by atoms with van der Waals surface area (Å²) in [5.74, 6) is 0.128. The van der Waals surface area contributed by atoms with Gasteiger partial charge in [-0.05, 0) is 50.3 Å². The number of benzene rings is 1. The van der Waals surface area contributed by atoms with Crippen molar-refractivity contribution in [1.29, 1.82) is 0 Å². The van der Waals surface area contributed by atoms with Crippen LogP contribution < -0.4 is 0 Å². The van der Waals surface area contributed by atoms with E-state index in [1.807, 2.05) is 26.0 Å². The predicted molar refractivity (Wildman–Crippen MR) is 81.2 cm³/mol. The highest BCUT2D eigenvalue weighted by atomic mass is 16.3. The monoisotopic (exact) mass is 275 g/mol. The molecule has 3 heteroatoms. The van der Waals surface area contributed by atoms with E-state index in [9.17, 15) is 9.90 Å². The number of hydrogen-bond donors (Lipinski definition) is 1. The minimum atomic E-state index is -0.610. The molecule has 0 unspecified atom stereocenters. The summed E-state index contributed by atoms with van der Waals surface area (Å²) in [6.45, 7) is 8.18. The van der Waals surface area contributed by atoms with E-state index in [1.54, 1.807) is 6.92 Å². The fraction of sp³-hybridized carbons (Fsp3) is 0.588. The Morgan fingerprint density at radius 3 is 2.55 bits per heavy atom. The van der Waals surface area contributed by atoms with Crippen molar-refractivity contribution in [3.63, 3.8) is 0 Å². The van der Waals surface area contributed by atoms with Crippen LogP contribution in [0.3, 0.4) is 0 Å². The maximum Gasteiger partial charge on any atom is 0.159 e. The van der Waals surface area contributed by atoms with Crippen LogP contribution in [0.5, 0.6) is 0 Å². The van der Waals surface area contributed by atoms with Crippen LogP contribution in [0.4, 0.5) is 0 Å². The number of Topliss-reactive ketones (excluding diaryl/α,β-unsaturated/α-hetero) is 1. The van der Waals surface area contributed by atoms with E-state index < -0.39 is 5.60 Å². The molecule has 0 aliphatic carbocycles. The quantitative estimate of drug-likeness (QED) is 0.858. The lowest BCUT2D eigenvalue weighted by atomic mass is 9.99. The number of fused-ring (bicyclic) bond motifs is 1. The van der Waals surface area contributed by atoms with Crippen molar-refractivity contribution in [2.45, 2.75) is 45.6 Å². The van der Waals surface area contributed by atoms with Crippen LogP contribution >= 0.6 is 0 Å². The van der Waals surface area contributed by atoms with Crippen LogP contribution in [-0.2, 0) is 12.8 Å². The highest BCUT2D eigenvalue weighted by Gasteiger charge is 2.23. The van der Waals surface area contributed by atoms with Gasteiger partial charge in [0.15, 0.2) is 5.78 Å². The average Bonchev–Trinajstić information content (AvgIpc) is 2.60. The Hall–Kier alpha value is -1.19. The molecular formula is C17H25NO2. The standard InChI is InChI=1S/C17H25NO2/c1-4-17(3,20)12-18-9-7-14-5-6-15(13(2)19)11-16(14)8-10-18/h5-6,11,20H,4,7-10,12H2,1-3H3/t17-/m0/s1. The number of carbonyl (C=O) groups excluding carboxylic acids is 1. The van der Waals surface area contributed by atoms with Crippen molar-refractivity contribution >= 4 is 5.78 Å². The fourth-order valence-corrected chi connectivity index (χ4v) is 2.74. The molecule has 1 aromatic rings. The SMILES string of the molecule is CC[C@](C)(O)CN1CCc2ccc(C(C)=O)cc2CC1. The van der Waals surface area contributed by atoms with Crippen LogP contribution in [0.1, 0.15) is 48.7 Å². The summed E-state index contributed by atoms with van der Waals surface area (Å²) in [7, 11) is 0. The van der Waals surface area contributed by atoms with Gasteiger partial charge in [-0.3, -0.25) is 9.69 Å². The van der Waals surface area contributed by atoms with Crippen LogP contribution in [0.2, 0.25) is 0 Å². The predicted octanol–water partition coefficient (Wildman–Crippen LogP) is 2.45. The van der Waals surface area contributed by atoms with E-state index >= 15 is 0 Å². The lowest BCUT2D eigenvalue weighted by molar-refractivity contribution is 0.0176. The van der Waals surface area contributed by atoms with Crippen molar-refractivity contribution in [3.8, 4) is 0 Å². The highest BCUT2D eigenvalue weighted by Crippen LogP contribution is 2.20. The zero-order chi connectivity index (χ0) is 14.8. The Bertz CT molecular complexity index is 494. The number of β-amino-alcohol motifs (C(OH)–C–C–N with tert-alkyl or cyclic N) is 1. The number of hydrogen-bond acceptors (Lipinski definition) is 3. The van der Waals surface area contributed by atoms with Gasteiger partial charge in [-0.15, -0.1) is 0 Å². The van der Waals surface area contributed by atoms with Crippen molar-refractivity contribution in [2.75, 3.05) is 19.6 Å². The Labute approximate surface area is 121 Å². The van der Waals surface area contributed by atoms with Crippen LogP contribution in [0.25, 0.3) is 0 Å².